The fourth-order valence-corrected chi connectivity index (χ4v) is 1.51. The van der Waals surface area contributed by atoms with Crippen molar-refractivity contribution in [3.05, 3.63) is 48.2 Å². The summed E-state index contributed by atoms with van der Waals surface area (Å²) in [5.74, 6) is -1.08. The number of imide groups is 1. The second kappa shape index (κ2) is 5.81. The molecule has 0 aliphatic carbocycles. The minimum Gasteiger partial charge on any atom is -0.447 e. The molecule has 1 aliphatic rings. The number of carbonyl (C=O) groups excluding carboxylic acids is 3. The fourth-order valence-electron chi connectivity index (χ4n) is 1.51. The van der Waals surface area contributed by atoms with Crippen LogP contribution in [0.3, 0.4) is 0 Å². The van der Waals surface area contributed by atoms with Crippen LogP contribution in [0.25, 0.3) is 0 Å². The van der Waals surface area contributed by atoms with Gasteiger partial charge >= 0.3 is 6.09 Å². The summed E-state index contributed by atoms with van der Waals surface area (Å²) in [5, 5.41) is 2.19. The number of ether oxygens (including phenoxy) is 1. The fraction of sp³-hybridized carbons (Fsp3) is 0.154. The van der Waals surface area contributed by atoms with Crippen molar-refractivity contribution in [1.29, 1.82) is 0 Å². The Morgan fingerprint density at radius 3 is 2.63 bits per heavy atom. The molecule has 0 aromatic heterocycles. The quantitative estimate of drug-likeness (QED) is 0.819. The second-order valence-corrected chi connectivity index (χ2v) is 3.81. The van der Waals surface area contributed by atoms with E-state index in [1.54, 1.807) is 30.3 Å². The topological polar surface area (TPSA) is 75.7 Å². The van der Waals surface area contributed by atoms with Crippen molar-refractivity contribution in [2.24, 2.45) is 0 Å². The van der Waals surface area contributed by atoms with E-state index in [-0.39, 0.29) is 0 Å². The van der Waals surface area contributed by atoms with Gasteiger partial charge in [0.25, 0.3) is 11.8 Å². The maximum Gasteiger partial charge on any atom is 0.413 e. The van der Waals surface area contributed by atoms with Gasteiger partial charge in [-0.2, -0.15) is 0 Å². The van der Waals surface area contributed by atoms with E-state index < -0.39 is 17.9 Å². The first kappa shape index (κ1) is 12.8. The minimum atomic E-state index is -0.589. The summed E-state index contributed by atoms with van der Waals surface area (Å²) in [6, 6.07) is 8.39. The van der Waals surface area contributed by atoms with Crippen molar-refractivity contribution in [3.8, 4) is 0 Å². The summed E-state index contributed by atoms with van der Waals surface area (Å²) < 4.78 is 4.69. The van der Waals surface area contributed by atoms with Crippen molar-refractivity contribution in [2.75, 3.05) is 13.2 Å². The van der Waals surface area contributed by atoms with Gasteiger partial charge in [0.2, 0.25) is 0 Å². The van der Waals surface area contributed by atoms with Crippen molar-refractivity contribution < 1.29 is 19.1 Å². The number of rotatable bonds is 3. The molecule has 1 N–H and O–H groups in total. The molecule has 1 aromatic rings. The molecule has 2 rings (SSSR count). The van der Waals surface area contributed by atoms with Crippen molar-refractivity contribution in [1.82, 2.24) is 10.2 Å². The number of amides is 3. The largest absolute Gasteiger partial charge is 0.447 e. The minimum absolute atomic E-state index is 0.299. The Bertz CT molecular complexity index is 525. The highest BCUT2D eigenvalue weighted by Gasteiger charge is 2.19. The lowest BCUT2D eigenvalue weighted by Gasteiger charge is -2.05. The predicted molar refractivity (Wildman–Crippen MR) is 66.1 cm³/mol. The number of nitrogens with one attached hydrogen (secondary N) is 1. The van der Waals surface area contributed by atoms with E-state index in [1.165, 1.54) is 11.1 Å². The Hall–Kier alpha value is -2.63. The molecular weight excluding hydrogens is 248 g/mol. The molecule has 0 saturated carbocycles. The molecule has 1 heterocycles. The maximum absolute atomic E-state index is 11.6. The molecule has 19 heavy (non-hydrogen) atoms. The van der Waals surface area contributed by atoms with Gasteiger partial charge in [-0.15, -0.1) is 0 Å². The van der Waals surface area contributed by atoms with Gasteiger partial charge in [-0.05, 0) is 12.1 Å². The zero-order valence-corrected chi connectivity index (χ0v) is 10.0. The van der Waals surface area contributed by atoms with E-state index in [0.29, 0.717) is 18.7 Å². The normalized spacial score (nSPS) is 14.5. The summed E-state index contributed by atoms with van der Waals surface area (Å²) in [7, 11) is 0. The second-order valence-electron chi connectivity index (χ2n) is 3.81. The highest BCUT2D eigenvalue weighted by atomic mass is 16.6. The van der Waals surface area contributed by atoms with E-state index in [9.17, 15) is 14.4 Å². The Kier molecular flexibility index (Phi) is 3.92. The molecule has 1 saturated heterocycles. The van der Waals surface area contributed by atoms with E-state index in [4.69, 9.17) is 0 Å². The summed E-state index contributed by atoms with van der Waals surface area (Å²) in [5.41, 5.74) is 0.393. The van der Waals surface area contributed by atoms with Crippen LogP contribution in [0, 0.1) is 0 Å². The summed E-state index contributed by atoms with van der Waals surface area (Å²) in [6.07, 6.45) is 1.91. The molecule has 0 bridgehead atoms. The van der Waals surface area contributed by atoms with Gasteiger partial charge in [-0.3, -0.25) is 19.8 Å². The van der Waals surface area contributed by atoms with Gasteiger partial charge < -0.3 is 4.74 Å². The maximum atomic E-state index is 11.6. The monoisotopic (exact) mass is 260 g/mol. The summed E-state index contributed by atoms with van der Waals surface area (Å²) >= 11 is 0. The lowest BCUT2D eigenvalue weighted by atomic mass is 10.2. The smallest absolute Gasteiger partial charge is 0.413 e. The van der Waals surface area contributed by atoms with Crippen molar-refractivity contribution in [2.45, 2.75) is 0 Å². The molecule has 3 amide bonds. The van der Waals surface area contributed by atoms with Crippen LogP contribution in [0.1, 0.15) is 10.4 Å². The van der Waals surface area contributed by atoms with Crippen LogP contribution in [0.5, 0.6) is 0 Å². The lowest BCUT2D eigenvalue weighted by Crippen LogP contribution is -2.29. The number of cyclic esters (lactones) is 1. The van der Waals surface area contributed by atoms with Crippen LogP contribution in [0.2, 0.25) is 0 Å². The van der Waals surface area contributed by atoms with Gasteiger partial charge in [0.15, 0.2) is 0 Å². The van der Waals surface area contributed by atoms with E-state index in [1.807, 2.05) is 0 Å². The van der Waals surface area contributed by atoms with Crippen LogP contribution in [0.4, 0.5) is 4.79 Å². The third-order valence-electron chi connectivity index (χ3n) is 2.47. The molecule has 98 valence electrons. The number of nitrogens with zero attached hydrogens (tertiary/aromatic N) is 1. The average Bonchev–Trinajstić information content (AvgIpc) is 2.83. The molecule has 1 aromatic carbocycles. The van der Waals surface area contributed by atoms with Crippen molar-refractivity contribution >= 4 is 17.9 Å². The zero-order valence-electron chi connectivity index (χ0n) is 10.0. The molecule has 6 nitrogen and oxygen atoms in total. The third-order valence-corrected chi connectivity index (χ3v) is 2.47. The number of hydrogen-bond acceptors (Lipinski definition) is 4. The molecule has 1 fully saturated rings. The molecule has 0 spiro atoms. The van der Waals surface area contributed by atoms with Gasteiger partial charge in [0.05, 0.1) is 6.54 Å². The van der Waals surface area contributed by atoms with Crippen molar-refractivity contribution in [3.63, 3.8) is 0 Å². The SMILES string of the molecule is O=C(/C=C\N1CCOC1=O)NC(=O)c1ccccc1. The number of benzene rings is 1. The lowest BCUT2D eigenvalue weighted by molar-refractivity contribution is -0.115. The van der Waals surface area contributed by atoms with E-state index in [0.717, 1.165) is 6.08 Å². The third kappa shape index (κ3) is 3.41. The first-order valence-corrected chi connectivity index (χ1v) is 5.69. The van der Waals surface area contributed by atoms with E-state index in [2.05, 4.69) is 10.1 Å². The van der Waals surface area contributed by atoms with Crippen LogP contribution in [0.15, 0.2) is 42.6 Å². The van der Waals surface area contributed by atoms with Gasteiger partial charge in [0, 0.05) is 17.8 Å². The Labute approximate surface area is 109 Å². The molecular formula is C13H12N2O4. The van der Waals surface area contributed by atoms with Gasteiger partial charge in [-0.25, -0.2) is 4.79 Å². The highest BCUT2D eigenvalue weighted by molar-refractivity contribution is 6.07. The standard InChI is InChI=1S/C13H12N2O4/c16-11(6-7-15-8-9-19-13(15)18)14-12(17)10-4-2-1-3-5-10/h1-7H,8-9H2,(H,14,16,17)/b7-6-. The van der Waals surface area contributed by atoms with Crippen LogP contribution in [-0.2, 0) is 9.53 Å². The first-order valence-electron chi connectivity index (χ1n) is 5.69. The average molecular weight is 260 g/mol. The molecule has 6 heteroatoms. The first-order chi connectivity index (χ1) is 9.16. The summed E-state index contributed by atoms with van der Waals surface area (Å²) in [6.45, 7) is 0.697. The number of hydrogen-bond donors (Lipinski definition) is 1. The van der Waals surface area contributed by atoms with Crippen LogP contribution >= 0.6 is 0 Å². The Morgan fingerprint density at radius 2 is 2.00 bits per heavy atom. The highest BCUT2D eigenvalue weighted by Crippen LogP contribution is 2.03. The molecule has 1 aliphatic heterocycles. The predicted octanol–water partition coefficient (Wildman–Crippen LogP) is 0.909. The van der Waals surface area contributed by atoms with Gasteiger partial charge in [0.1, 0.15) is 6.61 Å². The molecule has 0 atom stereocenters. The van der Waals surface area contributed by atoms with Gasteiger partial charge in [-0.1, -0.05) is 18.2 Å². The number of carbonyl (C=O) groups is 3. The summed E-state index contributed by atoms with van der Waals surface area (Å²) in [4.78, 5) is 35.5. The molecule has 0 unspecified atom stereocenters. The van der Waals surface area contributed by atoms with Crippen LogP contribution in [-0.4, -0.2) is 36.0 Å². The van der Waals surface area contributed by atoms with Crippen LogP contribution < -0.4 is 5.32 Å². The Morgan fingerprint density at radius 1 is 1.26 bits per heavy atom. The van der Waals surface area contributed by atoms with E-state index >= 15 is 0 Å². The molecule has 0 radical (unpaired) electrons. The zero-order chi connectivity index (χ0) is 13.7. The Balaban J connectivity index is 1.89.